The summed E-state index contributed by atoms with van der Waals surface area (Å²) in [4.78, 5) is 11.0. The molecule has 0 saturated heterocycles. The van der Waals surface area contributed by atoms with Crippen molar-refractivity contribution in [1.29, 1.82) is 0 Å². The molecule has 0 aromatic heterocycles. The van der Waals surface area contributed by atoms with Crippen molar-refractivity contribution in [3.63, 3.8) is 0 Å². The van der Waals surface area contributed by atoms with Crippen molar-refractivity contribution in [1.82, 2.24) is 3.53 Å². The van der Waals surface area contributed by atoms with Gasteiger partial charge in [0.25, 0.3) is 0 Å². The lowest BCUT2D eigenvalue weighted by atomic mass is 10.1. The SMILES string of the molecule is CCCC(C)C(=O)OCNI. The maximum Gasteiger partial charge on any atom is 0.309 e. The third kappa shape index (κ3) is 5.43. The normalized spacial score (nSPS) is 12.6. The number of nitrogens with one attached hydrogen (secondary N) is 1. The number of carbonyl (C=O) groups is 1. The second-order valence-corrected chi connectivity index (χ2v) is 3.19. The summed E-state index contributed by atoms with van der Waals surface area (Å²) in [6.45, 7) is 4.24. The summed E-state index contributed by atoms with van der Waals surface area (Å²) in [7, 11) is 0. The van der Waals surface area contributed by atoms with Gasteiger partial charge in [0.05, 0.1) is 5.92 Å². The second-order valence-electron chi connectivity index (χ2n) is 2.43. The summed E-state index contributed by atoms with van der Waals surface area (Å²) in [6.07, 6.45) is 1.92. The van der Waals surface area contributed by atoms with Crippen LogP contribution in [0.4, 0.5) is 0 Å². The average molecular weight is 271 g/mol. The first-order valence-electron chi connectivity index (χ1n) is 3.72. The average Bonchev–Trinajstić information content (AvgIpc) is 2.00. The molecule has 0 aliphatic heterocycles. The third-order valence-corrected chi connectivity index (χ3v) is 1.70. The Balaban J connectivity index is 3.47. The summed E-state index contributed by atoms with van der Waals surface area (Å²) in [5.41, 5.74) is 0. The molecule has 0 fully saturated rings. The van der Waals surface area contributed by atoms with E-state index in [-0.39, 0.29) is 11.9 Å². The first kappa shape index (κ1) is 11.2. The standard InChI is InChI=1S/C7H14INO2/c1-3-4-6(2)7(10)11-5-9-8/h6,9H,3-5H2,1-2H3. The molecule has 0 heterocycles. The lowest BCUT2D eigenvalue weighted by Crippen LogP contribution is -2.18. The van der Waals surface area contributed by atoms with Gasteiger partial charge in [0.2, 0.25) is 0 Å². The molecule has 66 valence electrons. The third-order valence-electron chi connectivity index (χ3n) is 1.39. The van der Waals surface area contributed by atoms with Gasteiger partial charge in [-0.15, -0.1) is 0 Å². The Labute approximate surface area is 81.4 Å². The number of carbonyl (C=O) groups excluding carboxylic acids is 1. The Morgan fingerprint density at radius 3 is 2.82 bits per heavy atom. The molecule has 0 saturated carbocycles. The van der Waals surface area contributed by atoms with Gasteiger partial charge < -0.3 is 4.74 Å². The second kappa shape index (κ2) is 6.84. The highest BCUT2D eigenvalue weighted by atomic mass is 127. The fraction of sp³-hybridized carbons (Fsp3) is 0.857. The van der Waals surface area contributed by atoms with Crippen LogP contribution in [0.1, 0.15) is 26.7 Å². The van der Waals surface area contributed by atoms with E-state index >= 15 is 0 Å². The lowest BCUT2D eigenvalue weighted by Gasteiger charge is -2.08. The molecule has 0 aromatic rings. The van der Waals surface area contributed by atoms with Crippen molar-refractivity contribution in [3.05, 3.63) is 0 Å². The molecular weight excluding hydrogens is 257 g/mol. The van der Waals surface area contributed by atoms with E-state index in [4.69, 9.17) is 4.74 Å². The van der Waals surface area contributed by atoms with Crippen molar-refractivity contribution in [2.75, 3.05) is 6.73 Å². The van der Waals surface area contributed by atoms with Crippen LogP contribution >= 0.6 is 22.9 Å². The topological polar surface area (TPSA) is 38.3 Å². The van der Waals surface area contributed by atoms with Crippen molar-refractivity contribution in [2.24, 2.45) is 5.92 Å². The van der Waals surface area contributed by atoms with Crippen LogP contribution in [-0.4, -0.2) is 12.7 Å². The van der Waals surface area contributed by atoms with E-state index in [9.17, 15) is 4.79 Å². The van der Waals surface area contributed by atoms with Crippen molar-refractivity contribution in [3.8, 4) is 0 Å². The minimum absolute atomic E-state index is 0.0322. The molecule has 0 aliphatic carbocycles. The Bertz CT molecular complexity index is 119. The number of esters is 1. The molecule has 1 N–H and O–H groups in total. The molecule has 0 rings (SSSR count). The van der Waals surface area contributed by atoms with Crippen LogP contribution in [0.15, 0.2) is 0 Å². The predicted octanol–water partition coefficient (Wildman–Crippen LogP) is 1.86. The first-order chi connectivity index (χ1) is 5.22. The maximum atomic E-state index is 11.0. The van der Waals surface area contributed by atoms with E-state index in [1.165, 1.54) is 0 Å². The van der Waals surface area contributed by atoms with Crippen LogP contribution in [0.2, 0.25) is 0 Å². The molecule has 0 radical (unpaired) electrons. The van der Waals surface area contributed by atoms with Crippen molar-refractivity contribution < 1.29 is 9.53 Å². The molecule has 0 amide bonds. The van der Waals surface area contributed by atoms with E-state index in [2.05, 4.69) is 10.5 Å². The maximum absolute atomic E-state index is 11.0. The van der Waals surface area contributed by atoms with Crippen LogP contribution in [0.5, 0.6) is 0 Å². The fourth-order valence-corrected chi connectivity index (χ4v) is 0.947. The molecule has 0 bridgehead atoms. The zero-order chi connectivity index (χ0) is 8.69. The minimum atomic E-state index is -0.115. The first-order valence-corrected chi connectivity index (χ1v) is 4.80. The van der Waals surface area contributed by atoms with Gasteiger partial charge in [0.15, 0.2) is 6.73 Å². The van der Waals surface area contributed by atoms with E-state index in [0.29, 0.717) is 6.73 Å². The Kier molecular flexibility index (Phi) is 6.94. The molecule has 0 spiro atoms. The summed E-state index contributed by atoms with van der Waals surface area (Å²) < 4.78 is 7.57. The zero-order valence-electron chi connectivity index (χ0n) is 6.89. The monoisotopic (exact) mass is 271 g/mol. The molecule has 3 nitrogen and oxygen atoms in total. The summed E-state index contributed by atoms with van der Waals surface area (Å²) in [5.74, 6) is -0.0826. The molecule has 1 atom stereocenters. The highest BCUT2D eigenvalue weighted by Gasteiger charge is 2.11. The molecule has 1 unspecified atom stereocenters. The smallest absolute Gasteiger partial charge is 0.309 e. The van der Waals surface area contributed by atoms with Crippen molar-refractivity contribution >= 4 is 28.8 Å². The van der Waals surface area contributed by atoms with Crippen LogP contribution in [0, 0.1) is 5.92 Å². The fourth-order valence-electron chi connectivity index (χ4n) is 0.792. The highest BCUT2D eigenvalue weighted by molar-refractivity contribution is 14.1. The van der Waals surface area contributed by atoms with E-state index in [1.807, 2.05) is 29.8 Å². The van der Waals surface area contributed by atoms with Gasteiger partial charge in [-0.05, 0) is 6.42 Å². The van der Waals surface area contributed by atoms with Crippen LogP contribution < -0.4 is 3.53 Å². The summed E-state index contributed by atoms with van der Waals surface area (Å²) in [6, 6.07) is 0. The largest absolute Gasteiger partial charge is 0.449 e. The highest BCUT2D eigenvalue weighted by Crippen LogP contribution is 2.06. The van der Waals surface area contributed by atoms with Gasteiger partial charge in [-0.3, -0.25) is 4.79 Å². The van der Waals surface area contributed by atoms with Crippen LogP contribution in [-0.2, 0) is 9.53 Å². The number of rotatable bonds is 5. The molecule has 11 heavy (non-hydrogen) atoms. The molecular formula is C7H14INO2. The number of ether oxygens (including phenoxy) is 1. The number of hydrogen-bond acceptors (Lipinski definition) is 3. The lowest BCUT2D eigenvalue weighted by molar-refractivity contribution is -0.148. The Morgan fingerprint density at radius 1 is 1.73 bits per heavy atom. The van der Waals surface area contributed by atoms with E-state index in [1.54, 1.807) is 0 Å². The Morgan fingerprint density at radius 2 is 2.36 bits per heavy atom. The summed E-state index contributed by atoms with van der Waals surface area (Å²) >= 11 is 1.94. The van der Waals surface area contributed by atoms with Gasteiger partial charge in [-0.25, -0.2) is 3.53 Å². The summed E-state index contributed by atoms with van der Waals surface area (Å²) in [5, 5.41) is 0. The molecule has 4 heteroatoms. The molecule has 0 aliphatic rings. The number of hydrogen-bond donors (Lipinski definition) is 1. The minimum Gasteiger partial charge on any atom is -0.449 e. The van der Waals surface area contributed by atoms with E-state index < -0.39 is 0 Å². The number of halogens is 1. The quantitative estimate of drug-likeness (QED) is 0.359. The molecule has 0 aromatic carbocycles. The predicted molar refractivity (Wildman–Crippen MR) is 52.2 cm³/mol. The van der Waals surface area contributed by atoms with Gasteiger partial charge >= 0.3 is 5.97 Å². The van der Waals surface area contributed by atoms with Gasteiger partial charge in [0, 0.05) is 22.9 Å². The van der Waals surface area contributed by atoms with E-state index in [0.717, 1.165) is 12.8 Å². The van der Waals surface area contributed by atoms with Crippen molar-refractivity contribution in [2.45, 2.75) is 26.7 Å². The Hall–Kier alpha value is 0.160. The van der Waals surface area contributed by atoms with Crippen LogP contribution in [0.25, 0.3) is 0 Å². The van der Waals surface area contributed by atoms with Gasteiger partial charge in [-0.2, -0.15) is 0 Å². The van der Waals surface area contributed by atoms with Gasteiger partial charge in [0.1, 0.15) is 0 Å². The van der Waals surface area contributed by atoms with Gasteiger partial charge in [-0.1, -0.05) is 20.3 Å². The van der Waals surface area contributed by atoms with Crippen LogP contribution in [0.3, 0.4) is 0 Å². The zero-order valence-corrected chi connectivity index (χ0v) is 9.05.